The van der Waals surface area contributed by atoms with E-state index in [-0.39, 0.29) is 0 Å². The lowest BCUT2D eigenvalue weighted by atomic mass is 9.95. The average Bonchev–Trinajstić information content (AvgIpc) is 2.86. The van der Waals surface area contributed by atoms with Crippen molar-refractivity contribution in [2.75, 3.05) is 19.8 Å². The van der Waals surface area contributed by atoms with Crippen molar-refractivity contribution in [1.29, 1.82) is 0 Å². The fourth-order valence-corrected chi connectivity index (χ4v) is 4.43. The number of hydrogen-bond acceptors (Lipinski definition) is 16. The second-order valence-corrected chi connectivity index (χ2v) is 9.07. The highest BCUT2D eigenvalue weighted by Crippen LogP contribution is 2.32. The normalized spacial score (nSPS) is 49.0. The molecule has 37 heavy (non-hydrogen) atoms. The van der Waals surface area contributed by atoms with Gasteiger partial charge < -0.3 is 80.1 Å². The molecule has 0 aromatic carbocycles. The number of rotatable bonds is 8. The number of nitrogens with one attached hydrogen (secondary N) is 1. The number of aliphatic hydroxyl groups excluding tert-OH is 10. The largest absolute Gasteiger partial charge is 0.394 e. The second-order valence-electron chi connectivity index (χ2n) is 9.07. The molecule has 17 nitrogen and oxygen atoms in total. The summed E-state index contributed by atoms with van der Waals surface area (Å²) in [4.78, 5) is 11.7. The minimum Gasteiger partial charge on any atom is -0.394 e. The lowest BCUT2D eigenvalue weighted by Crippen LogP contribution is -2.68. The van der Waals surface area contributed by atoms with Gasteiger partial charge in [0, 0.05) is 6.92 Å². The summed E-state index contributed by atoms with van der Waals surface area (Å²) < 4.78 is 27.1. The Bertz CT molecular complexity index is 747. The van der Waals surface area contributed by atoms with Crippen molar-refractivity contribution < 1.29 is 79.5 Å². The van der Waals surface area contributed by atoms with Gasteiger partial charge in [-0.25, -0.2) is 0 Å². The number of amides is 1. The molecule has 0 radical (unpaired) electrons. The molecule has 0 bridgehead atoms. The Hall–Kier alpha value is -1.13. The molecule has 0 aromatic heterocycles. The summed E-state index contributed by atoms with van der Waals surface area (Å²) in [7, 11) is 0. The lowest BCUT2D eigenvalue weighted by molar-refractivity contribution is -0.380. The van der Waals surface area contributed by atoms with Gasteiger partial charge in [0.2, 0.25) is 5.91 Å². The van der Waals surface area contributed by atoms with E-state index in [2.05, 4.69) is 5.32 Å². The molecular formula is C20H35NO16. The van der Waals surface area contributed by atoms with Crippen LogP contribution >= 0.6 is 0 Å². The SMILES string of the molecule is CC(=O)N[C@H]1[C@H](O[C@@H]2[C@@H](O[C@@H]3[C@H](O)[C@@H](O)O[C@H](CO)[C@H]3O)O[C@H](CO)[C@@H](O)[C@@H]2O)O[C@H](CO)[C@@H](O)[C@@H]1O. The van der Waals surface area contributed by atoms with Crippen LogP contribution < -0.4 is 5.32 Å². The first-order valence-electron chi connectivity index (χ1n) is 11.6. The van der Waals surface area contributed by atoms with Crippen LogP contribution in [-0.4, -0.2) is 169 Å². The van der Waals surface area contributed by atoms with Crippen LogP contribution in [0.3, 0.4) is 0 Å². The molecule has 0 saturated carbocycles. The Balaban J connectivity index is 1.90. The number of ether oxygens (including phenoxy) is 5. The Labute approximate surface area is 210 Å². The van der Waals surface area contributed by atoms with E-state index in [4.69, 9.17) is 23.7 Å². The predicted molar refractivity (Wildman–Crippen MR) is 113 cm³/mol. The predicted octanol–water partition coefficient (Wildman–Crippen LogP) is -7.43. The van der Waals surface area contributed by atoms with Crippen LogP contribution in [-0.2, 0) is 28.5 Å². The number of aliphatic hydroxyl groups is 10. The van der Waals surface area contributed by atoms with Crippen LogP contribution in [0.1, 0.15) is 6.92 Å². The summed E-state index contributed by atoms with van der Waals surface area (Å²) in [5.74, 6) is -0.665. The zero-order chi connectivity index (χ0) is 27.6. The van der Waals surface area contributed by atoms with Gasteiger partial charge in [0.25, 0.3) is 0 Å². The molecule has 0 unspecified atom stereocenters. The van der Waals surface area contributed by atoms with Crippen molar-refractivity contribution in [3.63, 3.8) is 0 Å². The van der Waals surface area contributed by atoms with E-state index < -0.39 is 118 Å². The van der Waals surface area contributed by atoms with Crippen molar-refractivity contribution in [3.8, 4) is 0 Å². The standard InChI is InChI=1S/C20H35NO16/c1-5(25)21-9-13(29)10(26)6(2-22)34-19(9)37-17-14(30)11(27)7(3-23)35-20(17)36-16-12(28)8(4-24)33-18(32)15(16)31/h6-20,22-24,26-32H,2-4H2,1H3,(H,21,25)/t6-,7-,8-,9-,10-,11-,12-,13-,14+,15+,16+,17+,18+,19+,20-/m1/s1. The molecule has 3 saturated heterocycles. The molecule has 3 aliphatic heterocycles. The van der Waals surface area contributed by atoms with Crippen molar-refractivity contribution >= 4 is 5.91 Å². The average molecular weight is 545 g/mol. The van der Waals surface area contributed by atoms with Gasteiger partial charge in [-0.1, -0.05) is 0 Å². The smallest absolute Gasteiger partial charge is 0.217 e. The Kier molecular flexibility index (Phi) is 10.5. The molecular weight excluding hydrogens is 510 g/mol. The third kappa shape index (κ3) is 6.38. The van der Waals surface area contributed by atoms with E-state index in [1.54, 1.807) is 0 Å². The van der Waals surface area contributed by atoms with Gasteiger partial charge in [0.1, 0.15) is 73.2 Å². The van der Waals surface area contributed by atoms with Crippen LogP contribution in [0.4, 0.5) is 0 Å². The van der Waals surface area contributed by atoms with Gasteiger partial charge in [-0.3, -0.25) is 4.79 Å². The monoisotopic (exact) mass is 545 g/mol. The summed E-state index contributed by atoms with van der Waals surface area (Å²) >= 11 is 0. The maximum atomic E-state index is 11.7. The first kappa shape index (κ1) is 30.4. The molecule has 3 aliphatic rings. The maximum Gasteiger partial charge on any atom is 0.217 e. The van der Waals surface area contributed by atoms with E-state index in [9.17, 15) is 55.9 Å². The zero-order valence-electron chi connectivity index (χ0n) is 19.7. The van der Waals surface area contributed by atoms with Crippen molar-refractivity contribution in [2.24, 2.45) is 0 Å². The van der Waals surface area contributed by atoms with Crippen LogP contribution in [0.2, 0.25) is 0 Å². The summed E-state index contributed by atoms with van der Waals surface area (Å²) in [6.07, 6.45) is -23.7. The molecule has 216 valence electrons. The van der Waals surface area contributed by atoms with Gasteiger partial charge in [0.05, 0.1) is 19.8 Å². The fraction of sp³-hybridized carbons (Fsp3) is 0.950. The summed E-state index contributed by atoms with van der Waals surface area (Å²) in [6.45, 7) is -1.25. The molecule has 0 spiro atoms. The molecule has 15 atom stereocenters. The molecule has 17 heteroatoms. The highest BCUT2D eigenvalue weighted by Gasteiger charge is 2.54. The quantitative estimate of drug-likeness (QED) is 0.135. The van der Waals surface area contributed by atoms with E-state index in [1.807, 2.05) is 0 Å². The summed E-state index contributed by atoms with van der Waals surface area (Å²) in [5.41, 5.74) is 0. The molecule has 3 rings (SSSR count). The summed E-state index contributed by atoms with van der Waals surface area (Å²) in [5, 5.41) is 103. The molecule has 0 aromatic rings. The topological polar surface area (TPSA) is 278 Å². The maximum absolute atomic E-state index is 11.7. The van der Waals surface area contributed by atoms with Crippen molar-refractivity contribution in [3.05, 3.63) is 0 Å². The highest BCUT2D eigenvalue weighted by atomic mass is 16.8. The molecule has 3 heterocycles. The van der Waals surface area contributed by atoms with Crippen LogP contribution in [0, 0.1) is 0 Å². The Morgan fingerprint density at radius 3 is 1.68 bits per heavy atom. The van der Waals surface area contributed by atoms with Crippen molar-refractivity contribution in [2.45, 2.75) is 99.0 Å². The first-order valence-corrected chi connectivity index (χ1v) is 11.6. The fourth-order valence-electron chi connectivity index (χ4n) is 4.43. The second kappa shape index (κ2) is 12.8. The molecule has 1 amide bonds. The molecule has 0 aliphatic carbocycles. The highest BCUT2D eigenvalue weighted by molar-refractivity contribution is 5.73. The van der Waals surface area contributed by atoms with Gasteiger partial charge in [-0.15, -0.1) is 0 Å². The van der Waals surface area contributed by atoms with Crippen LogP contribution in [0.15, 0.2) is 0 Å². The Morgan fingerprint density at radius 2 is 1.14 bits per heavy atom. The number of carbonyl (C=O) groups excluding carboxylic acids is 1. The third-order valence-corrected chi connectivity index (χ3v) is 6.50. The Morgan fingerprint density at radius 1 is 0.649 bits per heavy atom. The van der Waals surface area contributed by atoms with Gasteiger partial charge >= 0.3 is 0 Å². The van der Waals surface area contributed by atoms with Crippen LogP contribution in [0.5, 0.6) is 0 Å². The number of hydrogen-bond donors (Lipinski definition) is 11. The molecule has 3 fully saturated rings. The van der Waals surface area contributed by atoms with Gasteiger partial charge in [-0.05, 0) is 0 Å². The lowest BCUT2D eigenvalue weighted by Gasteiger charge is -2.48. The van der Waals surface area contributed by atoms with Gasteiger partial charge in [-0.2, -0.15) is 0 Å². The zero-order valence-corrected chi connectivity index (χ0v) is 19.7. The minimum atomic E-state index is -1.90. The third-order valence-electron chi connectivity index (χ3n) is 6.50. The first-order chi connectivity index (χ1) is 17.4. The van der Waals surface area contributed by atoms with E-state index >= 15 is 0 Å². The van der Waals surface area contributed by atoms with E-state index in [0.29, 0.717) is 0 Å². The van der Waals surface area contributed by atoms with E-state index in [1.165, 1.54) is 0 Å². The van der Waals surface area contributed by atoms with E-state index in [0.717, 1.165) is 6.92 Å². The minimum absolute atomic E-state index is 0.665. The number of carbonyl (C=O) groups is 1. The van der Waals surface area contributed by atoms with Crippen LogP contribution in [0.25, 0.3) is 0 Å². The molecule has 11 N–H and O–H groups in total. The van der Waals surface area contributed by atoms with Gasteiger partial charge in [0.15, 0.2) is 18.9 Å². The summed E-state index contributed by atoms with van der Waals surface area (Å²) in [6, 6.07) is -1.45. The van der Waals surface area contributed by atoms with Crippen molar-refractivity contribution in [1.82, 2.24) is 5.32 Å².